The van der Waals surface area contributed by atoms with E-state index in [0.717, 1.165) is 12.1 Å². The Balaban J connectivity index is 3.55. The lowest BCUT2D eigenvalue weighted by atomic mass is 10.3. The Hall–Kier alpha value is -1.36. The summed E-state index contributed by atoms with van der Waals surface area (Å²) in [5, 5.41) is 11.6. The molecule has 19 heavy (non-hydrogen) atoms. The zero-order valence-electron chi connectivity index (χ0n) is 10.9. The summed E-state index contributed by atoms with van der Waals surface area (Å²) in [7, 11) is 0. The summed E-state index contributed by atoms with van der Waals surface area (Å²) in [5.74, 6) is 0. The van der Waals surface area contributed by atoms with Crippen LogP contribution >= 0.6 is 22.9 Å². The second-order valence-corrected chi connectivity index (χ2v) is 5.02. The SMILES string of the molecule is C=C/C=C(\C(=C)Cl)n1c(CO)csc1=NC(=C)CC. The molecule has 0 aliphatic carbocycles. The van der Waals surface area contributed by atoms with E-state index in [2.05, 4.69) is 24.7 Å². The summed E-state index contributed by atoms with van der Waals surface area (Å²) in [6, 6.07) is 0. The van der Waals surface area contributed by atoms with Gasteiger partial charge in [0.2, 0.25) is 0 Å². The minimum absolute atomic E-state index is 0.108. The molecule has 0 aliphatic rings. The van der Waals surface area contributed by atoms with Gasteiger partial charge in [-0.2, -0.15) is 0 Å². The standard InChI is InChI=1S/C14H17ClN2OS/c1-5-7-13(11(4)15)17-12(8-18)9-19-14(17)16-10(3)6-2/h5,7,9,18H,1,3-4,6,8H2,2H3/b13-7+,16-14?. The molecule has 0 radical (unpaired) electrons. The highest BCUT2D eigenvalue weighted by Gasteiger charge is 2.11. The van der Waals surface area contributed by atoms with Crippen molar-refractivity contribution in [2.45, 2.75) is 20.0 Å². The Kier molecular flexibility index (Phi) is 6.02. The highest BCUT2D eigenvalue weighted by atomic mass is 35.5. The second-order valence-electron chi connectivity index (χ2n) is 3.73. The number of rotatable bonds is 6. The van der Waals surface area contributed by atoms with Gasteiger partial charge in [-0.15, -0.1) is 11.3 Å². The van der Waals surface area contributed by atoms with Crippen LogP contribution in [0.25, 0.3) is 5.70 Å². The molecule has 1 aromatic heterocycles. The summed E-state index contributed by atoms with van der Waals surface area (Å²) >= 11 is 7.43. The van der Waals surface area contributed by atoms with Crippen molar-refractivity contribution in [3.8, 4) is 0 Å². The molecule has 1 aromatic rings. The van der Waals surface area contributed by atoms with E-state index in [9.17, 15) is 5.11 Å². The van der Waals surface area contributed by atoms with Gasteiger partial charge < -0.3 is 5.11 Å². The lowest BCUT2D eigenvalue weighted by molar-refractivity contribution is 0.274. The Labute approximate surface area is 122 Å². The van der Waals surface area contributed by atoms with Gasteiger partial charge in [0.05, 0.1) is 23.0 Å². The number of halogens is 1. The first-order valence-corrected chi connectivity index (χ1v) is 7.01. The number of hydrogen-bond donors (Lipinski definition) is 1. The van der Waals surface area contributed by atoms with Crippen LogP contribution in [0, 0.1) is 0 Å². The van der Waals surface area contributed by atoms with Gasteiger partial charge in [0.25, 0.3) is 0 Å². The fraction of sp³-hybridized carbons (Fsp3) is 0.214. The second kappa shape index (κ2) is 7.28. The third-order valence-electron chi connectivity index (χ3n) is 2.40. The molecule has 0 fully saturated rings. The molecule has 102 valence electrons. The van der Waals surface area contributed by atoms with E-state index in [0.29, 0.717) is 21.2 Å². The van der Waals surface area contributed by atoms with Crippen molar-refractivity contribution in [1.29, 1.82) is 0 Å². The van der Waals surface area contributed by atoms with Gasteiger partial charge in [0.15, 0.2) is 4.80 Å². The van der Waals surface area contributed by atoms with Crippen LogP contribution in [0.15, 0.2) is 53.0 Å². The molecule has 0 unspecified atom stereocenters. The molecule has 5 heteroatoms. The van der Waals surface area contributed by atoms with E-state index in [1.165, 1.54) is 11.3 Å². The molecule has 1 N–H and O–H groups in total. The number of thiazole rings is 1. The van der Waals surface area contributed by atoms with Crippen molar-refractivity contribution in [2.75, 3.05) is 0 Å². The Morgan fingerprint density at radius 3 is 2.74 bits per heavy atom. The van der Waals surface area contributed by atoms with Crippen LogP contribution < -0.4 is 4.80 Å². The Morgan fingerprint density at radius 2 is 2.26 bits per heavy atom. The quantitative estimate of drug-likeness (QED) is 0.800. The fourth-order valence-electron chi connectivity index (χ4n) is 1.40. The maximum Gasteiger partial charge on any atom is 0.194 e. The Bertz CT molecular complexity index is 593. The van der Waals surface area contributed by atoms with Crippen LogP contribution in [0.1, 0.15) is 19.0 Å². The summed E-state index contributed by atoms with van der Waals surface area (Å²) in [6.07, 6.45) is 4.11. The van der Waals surface area contributed by atoms with Crippen LogP contribution in [0.5, 0.6) is 0 Å². The number of nitrogens with zero attached hydrogens (tertiary/aromatic N) is 2. The van der Waals surface area contributed by atoms with Crippen LogP contribution in [-0.2, 0) is 6.61 Å². The third-order valence-corrected chi connectivity index (χ3v) is 3.47. The summed E-state index contributed by atoms with van der Waals surface area (Å²) in [4.78, 5) is 5.13. The number of aliphatic hydroxyl groups excluding tert-OH is 1. The lowest BCUT2D eigenvalue weighted by Gasteiger charge is -2.10. The molecule has 1 rings (SSSR count). The first kappa shape index (κ1) is 15.7. The lowest BCUT2D eigenvalue weighted by Crippen LogP contribution is -2.17. The van der Waals surface area contributed by atoms with Crippen molar-refractivity contribution < 1.29 is 5.11 Å². The first-order chi connectivity index (χ1) is 9.04. The molecule has 0 saturated heterocycles. The molecule has 0 bridgehead atoms. The van der Waals surface area contributed by atoms with Gasteiger partial charge in [-0.1, -0.05) is 44.3 Å². The largest absolute Gasteiger partial charge is 0.390 e. The topological polar surface area (TPSA) is 37.5 Å². The van der Waals surface area contributed by atoms with Gasteiger partial charge in [-0.25, -0.2) is 4.99 Å². The average molecular weight is 297 g/mol. The maximum absolute atomic E-state index is 9.42. The van der Waals surface area contributed by atoms with E-state index >= 15 is 0 Å². The summed E-state index contributed by atoms with van der Waals surface area (Å²) < 4.78 is 1.77. The predicted molar refractivity (Wildman–Crippen MR) is 82.7 cm³/mol. The van der Waals surface area contributed by atoms with E-state index in [4.69, 9.17) is 11.6 Å². The summed E-state index contributed by atoms with van der Waals surface area (Å²) in [5.41, 5.74) is 2.10. The molecule has 0 saturated carbocycles. The smallest absolute Gasteiger partial charge is 0.194 e. The van der Waals surface area contributed by atoms with Crippen LogP contribution in [0.3, 0.4) is 0 Å². The molecule has 1 heterocycles. The highest BCUT2D eigenvalue weighted by molar-refractivity contribution is 7.07. The molecule has 0 atom stereocenters. The van der Waals surface area contributed by atoms with Crippen molar-refractivity contribution in [2.24, 2.45) is 4.99 Å². The number of aromatic nitrogens is 1. The van der Waals surface area contributed by atoms with Crippen LogP contribution in [-0.4, -0.2) is 9.67 Å². The zero-order chi connectivity index (χ0) is 14.4. The van der Waals surface area contributed by atoms with E-state index < -0.39 is 0 Å². The molecule has 0 aliphatic heterocycles. The minimum Gasteiger partial charge on any atom is -0.390 e. The minimum atomic E-state index is -0.108. The molecule has 0 spiro atoms. The van der Waals surface area contributed by atoms with Gasteiger partial charge in [-0.3, -0.25) is 4.57 Å². The van der Waals surface area contributed by atoms with Crippen molar-refractivity contribution in [3.63, 3.8) is 0 Å². The van der Waals surface area contributed by atoms with Gasteiger partial charge in [0.1, 0.15) is 0 Å². The van der Waals surface area contributed by atoms with Gasteiger partial charge in [-0.05, 0) is 12.5 Å². The predicted octanol–water partition coefficient (Wildman–Crippen LogP) is 3.65. The number of allylic oxidation sites excluding steroid dienone is 5. The van der Waals surface area contributed by atoms with Gasteiger partial charge >= 0.3 is 0 Å². The monoisotopic (exact) mass is 296 g/mol. The van der Waals surface area contributed by atoms with E-state index in [1.807, 2.05) is 12.3 Å². The normalized spacial score (nSPS) is 12.6. The molecule has 0 aromatic carbocycles. The van der Waals surface area contributed by atoms with Crippen LogP contribution in [0.2, 0.25) is 0 Å². The van der Waals surface area contributed by atoms with Crippen LogP contribution in [0.4, 0.5) is 0 Å². The molecular weight excluding hydrogens is 280 g/mol. The molecular formula is C14H17ClN2OS. The van der Waals surface area contributed by atoms with Crippen molar-refractivity contribution in [3.05, 3.63) is 58.5 Å². The van der Waals surface area contributed by atoms with E-state index in [-0.39, 0.29) is 6.61 Å². The first-order valence-electron chi connectivity index (χ1n) is 5.75. The van der Waals surface area contributed by atoms with Crippen molar-refractivity contribution in [1.82, 2.24) is 4.57 Å². The van der Waals surface area contributed by atoms with Gasteiger partial charge in [0, 0.05) is 11.1 Å². The highest BCUT2D eigenvalue weighted by Crippen LogP contribution is 2.20. The fourth-order valence-corrected chi connectivity index (χ4v) is 2.48. The molecule has 3 nitrogen and oxygen atoms in total. The molecule has 0 amide bonds. The summed E-state index contributed by atoms with van der Waals surface area (Å²) in [6.45, 7) is 13.1. The maximum atomic E-state index is 9.42. The number of aliphatic hydroxyl groups is 1. The average Bonchev–Trinajstić information content (AvgIpc) is 2.77. The number of hydrogen-bond acceptors (Lipinski definition) is 3. The van der Waals surface area contributed by atoms with E-state index in [1.54, 1.807) is 16.7 Å². The zero-order valence-corrected chi connectivity index (χ0v) is 12.5. The van der Waals surface area contributed by atoms with Crippen molar-refractivity contribution >= 4 is 28.6 Å². The third kappa shape index (κ3) is 3.80. The Morgan fingerprint density at radius 1 is 1.58 bits per heavy atom.